The molecule has 1 amide bonds. The van der Waals surface area contributed by atoms with Crippen LogP contribution in [0.5, 0.6) is 0 Å². The number of fused-ring (bicyclic) bond motifs is 2. The van der Waals surface area contributed by atoms with Crippen LogP contribution in [0.4, 0.5) is 0 Å². The Kier molecular flexibility index (Phi) is 3.19. The molecule has 2 fully saturated rings. The van der Waals surface area contributed by atoms with Gasteiger partial charge in [0.05, 0.1) is 0 Å². The van der Waals surface area contributed by atoms with Crippen molar-refractivity contribution in [2.45, 2.75) is 47.0 Å². The number of benzene rings is 1. The van der Waals surface area contributed by atoms with Crippen molar-refractivity contribution >= 4 is 11.6 Å². The molecule has 0 spiro atoms. The van der Waals surface area contributed by atoms with Gasteiger partial charge in [-0.1, -0.05) is 38.5 Å². The van der Waals surface area contributed by atoms with Crippen LogP contribution in [0.2, 0.25) is 0 Å². The summed E-state index contributed by atoms with van der Waals surface area (Å²) in [4.78, 5) is 12.2. The van der Waals surface area contributed by atoms with Gasteiger partial charge in [0.25, 0.3) is 5.91 Å². The molecule has 0 radical (unpaired) electrons. The van der Waals surface area contributed by atoms with E-state index in [1.807, 2.05) is 31.2 Å². The number of carbonyl (C=O) groups excluding carboxylic acids is 1. The zero-order valence-electron chi connectivity index (χ0n) is 13.4. The molecule has 21 heavy (non-hydrogen) atoms. The van der Waals surface area contributed by atoms with E-state index in [0.717, 1.165) is 12.0 Å². The molecule has 3 nitrogen and oxygen atoms in total. The lowest BCUT2D eigenvalue weighted by Gasteiger charge is -2.34. The molecule has 3 heteroatoms. The first kappa shape index (κ1) is 14.3. The number of carbonyl (C=O) groups is 1. The number of nitrogens with one attached hydrogen (secondary N) is 1. The molecule has 2 aliphatic rings. The van der Waals surface area contributed by atoms with Crippen molar-refractivity contribution in [3.8, 4) is 0 Å². The lowest BCUT2D eigenvalue weighted by molar-refractivity contribution is 0.0954. The van der Waals surface area contributed by atoms with Crippen molar-refractivity contribution in [3.05, 3.63) is 35.4 Å². The first-order valence-corrected chi connectivity index (χ1v) is 7.78. The van der Waals surface area contributed by atoms with Crippen LogP contribution in [0.15, 0.2) is 29.4 Å². The zero-order chi connectivity index (χ0) is 15.3. The second kappa shape index (κ2) is 4.69. The van der Waals surface area contributed by atoms with Crippen LogP contribution < -0.4 is 5.43 Å². The first-order valence-electron chi connectivity index (χ1n) is 7.78. The molecule has 0 heterocycles. The van der Waals surface area contributed by atoms with E-state index in [0.29, 0.717) is 16.9 Å². The predicted octanol–water partition coefficient (Wildman–Crippen LogP) is 3.93. The number of hydrogen-bond donors (Lipinski definition) is 1. The average Bonchev–Trinajstić information content (AvgIpc) is 2.78. The lowest BCUT2D eigenvalue weighted by Crippen LogP contribution is -2.34. The van der Waals surface area contributed by atoms with Crippen LogP contribution in [-0.2, 0) is 0 Å². The smallest absolute Gasteiger partial charge is 0.267 e. The van der Waals surface area contributed by atoms with E-state index in [1.54, 1.807) is 0 Å². The highest BCUT2D eigenvalue weighted by atomic mass is 16.2. The fourth-order valence-electron chi connectivity index (χ4n) is 3.99. The number of hydrogen-bond acceptors (Lipinski definition) is 2. The molecule has 1 aromatic carbocycles. The summed E-state index contributed by atoms with van der Waals surface area (Å²) in [5.74, 6) is 0.587. The Bertz CT molecular complexity index is 600. The molecule has 0 saturated heterocycles. The minimum Gasteiger partial charge on any atom is -0.267 e. The van der Waals surface area contributed by atoms with Crippen molar-refractivity contribution in [1.29, 1.82) is 0 Å². The molecule has 2 saturated carbocycles. The first-order chi connectivity index (χ1) is 9.84. The maximum atomic E-state index is 12.2. The number of rotatable bonds is 2. The van der Waals surface area contributed by atoms with Crippen LogP contribution in [0.25, 0.3) is 0 Å². The van der Waals surface area contributed by atoms with Gasteiger partial charge in [-0.3, -0.25) is 4.79 Å². The minimum atomic E-state index is -0.119. The third-order valence-corrected chi connectivity index (χ3v) is 6.12. The van der Waals surface area contributed by atoms with Gasteiger partial charge in [0.1, 0.15) is 0 Å². The van der Waals surface area contributed by atoms with E-state index in [4.69, 9.17) is 0 Å². The van der Waals surface area contributed by atoms with Crippen LogP contribution in [-0.4, -0.2) is 11.6 Å². The minimum absolute atomic E-state index is 0.119. The van der Waals surface area contributed by atoms with Crippen LogP contribution in [0.1, 0.15) is 56.0 Å². The monoisotopic (exact) mass is 284 g/mol. The molecular weight excluding hydrogens is 260 g/mol. The predicted molar refractivity (Wildman–Crippen MR) is 85.3 cm³/mol. The highest BCUT2D eigenvalue weighted by molar-refractivity contribution is 5.98. The van der Waals surface area contributed by atoms with Crippen LogP contribution >= 0.6 is 0 Å². The van der Waals surface area contributed by atoms with E-state index in [1.165, 1.54) is 18.6 Å². The number of amides is 1. The van der Waals surface area contributed by atoms with Crippen molar-refractivity contribution < 1.29 is 4.79 Å². The molecule has 0 aliphatic heterocycles. The van der Waals surface area contributed by atoms with Gasteiger partial charge in [0.15, 0.2) is 0 Å². The molecule has 2 aliphatic carbocycles. The molecule has 2 unspecified atom stereocenters. The summed E-state index contributed by atoms with van der Waals surface area (Å²) in [6.45, 7) is 9.00. The van der Waals surface area contributed by atoms with E-state index in [-0.39, 0.29) is 11.3 Å². The fourth-order valence-corrected chi connectivity index (χ4v) is 3.99. The Morgan fingerprint density at radius 3 is 2.43 bits per heavy atom. The topological polar surface area (TPSA) is 41.5 Å². The molecular formula is C18H24N2O. The van der Waals surface area contributed by atoms with Crippen molar-refractivity contribution in [2.75, 3.05) is 0 Å². The molecule has 2 atom stereocenters. The SMILES string of the molecule is Cc1ccc(C(=O)N/N=C2/CC3CCC2(C)C3(C)C)cc1. The summed E-state index contributed by atoms with van der Waals surface area (Å²) in [6.07, 6.45) is 3.50. The summed E-state index contributed by atoms with van der Waals surface area (Å²) in [7, 11) is 0. The molecule has 112 valence electrons. The van der Waals surface area contributed by atoms with Crippen molar-refractivity contribution in [2.24, 2.45) is 21.8 Å². The normalized spacial score (nSPS) is 31.6. The van der Waals surface area contributed by atoms with Gasteiger partial charge in [0.2, 0.25) is 0 Å². The molecule has 2 bridgehead atoms. The van der Waals surface area contributed by atoms with Gasteiger partial charge in [-0.25, -0.2) is 5.43 Å². The molecule has 0 aromatic heterocycles. The highest BCUT2D eigenvalue weighted by Crippen LogP contribution is 2.63. The summed E-state index contributed by atoms with van der Waals surface area (Å²) in [5.41, 5.74) is 6.17. The maximum absolute atomic E-state index is 12.2. The maximum Gasteiger partial charge on any atom is 0.271 e. The summed E-state index contributed by atoms with van der Waals surface area (Å²) in [5, 5.41) is 4.49. The molecule has 1 N–H and O–H groups in total. The molecule has 3 rings (SSSR count). The van der Waals surface area contributed by atoms with Crippen LogP contribution in [0, 0.1) is 23.7 Å². The van der Waals surface area contributed by atoms with Crippen molar-refractivity contribution in [3.63, 3.8) is 0 Å². The van der Waals surface area contributed by atoms with Gasteiger partial charge in [0, 0.05) is 16.7 Å². The highest BCUT2D eigenvalue weighted by Gasteiger charge is 2.59. The van der Waals surface area contributed by atoms with Gasteiger partial charge in [-0.05, 0) is 49.7 Å². The second-order valence-corrected chi connectivity index (χ2v) is 7.36. The Balaban J connectivity index is 1.76. The lowest BCUT2D eigenvalue weighted by atomic mass is 9.70. The van der Waals surface area contributed by atoms with Gasteiger partial charge >= 0.3 is 0 Å². The summed E-state index contributed by atoms with van der Waals surface area (Å²) >= 11 is 0. The van der Waals surface area contributed by atoms with E-state index < -0.39 is 0 Å². The number of nitrogens with zero attached hydrogens (tertiary/aromatic N) is 1. The zero-order valence-corrected chi connectivity index (χ0v) is 13.4. The molecule has 1 aromatic rings. The Morgan fingerprint density at radius 2 is 1.90 bits per heavy atom. The average molecular weight is 284 g/mol. The Hall–Kier alpha value is -1.64. The Morgan fingerprint density at radius 1 is 1.24 bits per heavy atom. The van der Waals surface area contributed by atoms with E-state index in [2.05, 4.69) is 31.3 Å². The summed E-state index contributed by atoms with van der Waals surface area (Å²) < 4.78 is 0. The summed E-state index contributed by atoms with van der Waals surface area (Å²) in [6, 6.07) is 7.59. The third-order valence-electron chi connectivity index (χ3n) is 6.12. The number of aryl methyl sites for hydroxylation is 1. The van der Waals surface area contributed by atoms with Gasteiger partial charge in [-0.15, -0.1) is 0 Å². The quantitative estimate of drug-likeness (QED) is 0.821. The standard InChI is InChI=1S/C18H24N2O/c1-12-5-7-13(8-6-12)16(21)20-19-15-11-14-9-10-18(15,4)17(14,2)3/h5-8,14H,9-11H2,1-4H3,(H,20,21)/b19-15-. The van der Waals surface area contributed by atoms with Crippen LogP contribution in [0.3, 0.4) is 0 Å². The van der Waals surface area contributed by atoms with Gasteiger partial charge in [-0.2, -0.15) is 5.10 Å². The van der Waals surface area contributed by atoms with Gasteiger partial charge < -0.3 is 0 Å². The fraction of sp³-hybridized carbons (Fsp3) is 0.556. The second-order valence-electron chi connectivity index (χ2n) is 7.36. The Labute approximate surface area is 126 Å². The number of hydrazone groups is 1. The van der Waals surface area contributed by atoms with Crippen molar-refractivity contribution in [1.82, 2.24) is 5.43 Å². The third kappa shape index (κ3) is 2.10. The van der Waals surface area contributed by atoms with E-state index in [9.17, 15) is 4.79 Å². The largest absolute Gasteiger partial charge is 0.271 e. The van der Waals surface area contributed by atoms with E-state index >= 15 is 0 Å².